The molecule has 1 saturated heterocycles. The molecule has 0 bridgehead atoms. The van der Waals surface area contributed by atoms with Crippen LogP contribution in [0.15, 0.2) is 30.7 Å². The van der Waals surface area contributed by atoms with Crippen LogP contribution in [0.5, 0.6) is 0 Å². The van der Waals surface area contributed by atoms with Gasteiger partial charge in [-0.1, -0.05) is 5.21 Å². The van der Waals surface area contributed by atoms with E-state index in [2.05, 4.69) is 15.3 Å². The van der Waals surface area contributed by atoms with E-state index >= 15 is 0 Å². The molecule has 128 valence electrons. The molecular weight excluding hydrogens is 320 g/mol. The highest BCUT2D eigenvalue weighted by molar-refractivity contribution is 5.97. The van der Waals surface area contributed by atoms with Crippen molar-refractivity contribution < 1.29 is 9.53 Å². The number of likely N-dealkylation sites (tertiary alicyclic amines) is 1. The van der Waals surface area contributed by atoms with Gasteiger partial charge < -0.3 is 14.2 Å². The SMILES string of the molecule is Cn1cnc2cc(C(=O)N3CC[C@H]4[C@H](C3)OCc3cnnn34)ccc21. The third-order valence-electron chi connectivity index (χ3n) is 5.19. The summed E-state index contributed by atoms with van der Waals surface area (Å²) in [6.45, 7) is 1.75. The topological polar surface area (TPSA) is 78.1 Å². The summed E-state index contributed by atoms with van der Waals surface area (Å²) in [4.78, 5) is 19.1. The lowest BCUT2D eigenvalue weighted by atomic mass is 9.99. The zero-order chi connectivity index (χ0) is 17.0. The molecule has 0 unspecified atom stereocenters. The molecule has 2 aliphatic rings. The van der Waals surface area contributed by atoms with E-state index in [9.17, 15) is 4.79 Å². The molecule has 0 aliphatic carbocycles. The minimum Gasteiger partial charge on any atom is -0.368 e. The van der Waals surface area contributed by atoms with Crippen molar-refractivity contribution in [3.05, 3.63) is 42.0 Å². The van der Waals surface area contributed by atoms with Crippen molar-refractivity contribution in [3.63, 3.8) is 0 Å². The van der Waals surface area contributed by atoms with E-state index in [4.69, 9.17) is 4.74 Å². The lowest BCUT2D eigenvalue weighted by Gasteiger charge is -2.41. The van der Waals surface area contributed by atoms with E-state index in [1.54, 1.807) is 12.5 Å². The molecule has 8 heteroatoms. The monoisotopic (exact) mass is 338 g/mol. The van der Waals surface area contributed by atoms with Crippen LogP contribution in [0.2, 0.25) is 0 Å². The average molecular weight is 338 g/mol. The summed E-state index contributed by atoms with van der Waals surface area (Å²) >= 11 is 0. The fourth-order valence-electron chi connectivity index (χ4n) is 3.82. The van der Waals surface area contributed by atoms with Gasteiger partial charge in [-0.2, -0.15) is 0 Å². The third-order valence-corrected chi connectivity index (χ3v) is 5.19. The standard InChI is InChI=1S/C17H18N6O2/c1-21-10-18-13-6-11(2-3-14(13)21)17(24)22-5-4-15-16(8-22)25-9-12-7-19-20-23(12)15/h2-3,6-7,10,15-16H,4-5,8-9H2,1H3/t15-,16-/m0/s1. The number of ether oxygens (including phenoxy) is 1. The predicted molar refractivity (Wildman–Crippen MR) is 88.9 cm³/mol. The molecule has 2 aliphatic heterocycles. The second kappa shape index (κ2) is 5.38. The quantitative estimate of drug-likeness (QED) is 0.665. The minimum atomic E-state index is -0.0366. The van der Waals surface area contributed by atoms with Crippen LogP contribution in [0.1, 0.15) is 28.5 Å². The van der Waals surface area contributed by atoms with Crippen LogP contribution < -0.4 is 0 Å². The number of piperidine rings is 1. The molecule has 25 heavy (non-hydrogen) atoms. The van der Waals surface area contributed by atoms with Crippen LogP contribution in [-0.2, 0) is 18.4 Å². The Bertz CT molecular complexity index is 961. The molecule has 1 amide bonds. The summed E-state index contributed by atoms with van der Waals surface area (Å²) in [5.74, 6) is 0.0268. The Morgan fingerprint density at radius 3 is 3.20 bits per heavy atom. The van der Waals surface area contributed by atoms with E-state index in [1.807, 2.05) is 39.4 Å². The Hall–Kier alpha value is -2.74. The maximum absolute atomic E-state index is 12.9. The summed E-state index contributed by atoms with van der Waals surface area (Å²) in [6, 6.07) is 5.84. The Morgan fingerprint density at radius 2 is 2.28 bits per heavy atom. The molecule has 5 rings (SSSR count). The van der Waals surface area contributed by atoms with Gasteiger partial charge in [-0.05, 0) is 24.6 Å². The zero-order valence-corrected chi connectivity index (χ0v) is 13.9. The second-order valence-electron chi connectivity index (χ2n) is 6.69. The number of benzene rings is 1. The number of rotatable bonds is 1. The van der Waals surface area contributed by atoms with E-state index in [1.165, 1.54) is 0 Å². The molecule has 0 radical (unpaired) electrons. The number of carbonyl (C=O) groups excluding carboxylic acids is 1. The van der Waals surface area contributed by atoms with Crippen LogP contribution in [-0.4, -0.2) is 54.5 Å². The van der Waals surface area contributed by atoms with Gasteiger partial charge in [0, 0.05) is 25.7 Å². The fourth-order valence-corrected chi connectivity index (χ4v) is 3.82. The first-order valence-electron chi connectivity index (χ1n) is 8.42. The molecule has 4 heterocycles. The normalized spacial score (nSPS) is 22.7. The second-order valence-corrected chi connectivity index (χ2v) is 6.69. The summed E-state index contributed by atoms with van der Waals surface area (Å²) in [6.07, 6.45) is 4.29. The van der Waals surface area contributed by atoms with Crippen molar-refractivity contribution in [2.24, 2.45) is 7.05 Å². The van der Waals surface area contributed by atoms with E-state index in [0.29, 0.717) is 25.3 Å². The first-order chi connectivity index (χ1) is 12.2. The van der Waals surface area contributed by atoms with Crippen molar-refractivity contribution in [3.8, 4) is 0 Å². The van der Waals surface area contributed by atoms with Crippen LogP contribution >= 0.6 is 0 Å². The molecule has 1 aromatic carbocycles. The lowest BCUT2D eigenvalue weighted by Crippen LogP contribution is -2.50. The molecule has 3 aromatic rings. The smallest absolute Gasteiger partial charge is 0.254 e. The molecule has 2 aromatic heterocycles. The highest BCUT2D eigenvalue weighted by Gasteiger charge is 2.37. The van der Waals surface area contributed by atoms with E-state index < -0.39 is 0 Å². The van der Waals surface area contributed by atoms with Crippen molar-refractivity contribution in [2.45, 2.75) is 25.2 Å². The Morgan fingerprint density at radius 1 is 1.36 bits per heavy atom. The maximum atomic E-state index is 12.9. The number of amides is 1. The number of aryl methyl sites for hydroxylation is 1. The van der Waals surface area contributed by atoms with Gasteiger partial charge in [-0.3, -0.25) is 4.79 Å². The van der Waals surface area contributed by atoms with Gasteiger partial charge in [-0.15, -0.1) is 5.10 Å². The number of hydrogen-bond donors (Lipinski definition) is 0. The number of fused-ring (bicyclic) bond motifs is 4. The zero-order valence-electron chi connectivity index (χ0n) is 13.9. The third kappa shape index (κ3) is 2.25. The van der Waals surface area contributed by atoms with Gasteiger partial charge in [-0.25, -0.2) is 9.67 Å². The first kappa shape index (κ1) is 14.6. The Kier molecular flexibility index (Phi) is 3.14. The lowest BCUT2D eigenvalue weighted by molar-refractivity contribution is -0.0627. The highest BCUT2D eigenvalue weighted by atomic mass is 16.5. The molecule has 0 saturated carbocycles. The molecule has 1 fully saturated rings. The predicted octanol–water partition coefficient (Wildman–Crippen LogP) is 1.15. The van der Waals surface area contributed by atoms with Gasteiger partial charge in [0.25, 0.3) is 5.91 Å². The van der Waals surface area contributed by atoms with Crippen molar-refractivity contribution in [2.75, 3.05) is 13.1 Å². The number of carbonyl (C=O) groups is 1. The molecule has 0 spiro atoms. The van der Waals surface area contributed by atoms with Gasteiger partial charge in [0.1, 0.15) is 0 Å². The molecular formula is C17H18N6O2. The summed E-state index contributed by atoms with van der Waals surface area (Å²) in [7, 11) is 1.94. The number of hydrogen-bond acceptors (Lipinski definition) is 5. The summed E-state index contributed by atoms with van der Waals surface area (Å²) in [5.41, 5.74) is 3.53. The first-order valence-corrected chi connectivity index (χ1v) is 8.42. The molecule has 0 N–H and O–H groups in total. The van der Waals surface area contributed by atoms with Crippen LogP contribution in [0, 0.1) is 0 Å². The van der Waals surface area contributed by atoms with Crippen LogP contribution in [0.25, 0.3) is 11.0 Å². The fraction of sp³-hybridized carbons (Fsp3) is 0.412. The number of nitrogens with zero attached hydrogens (tertiary/aromatic N) is 6. The molecule has 8 nitrogen and oxygen atoms in total. The van der Waals surface area contributed by atoms with Gasteiger partial charge in [0.2, 0.25) is 0 Å². The summed E-state index contributed by atoms with van der Waals surface area (Å²) < 4.78 is 9.85. The minimum absolute atomic E-state index is 0.0268. The van der Waals surface area contributed by atoms with Gasteiger partial charge >= 0.3 is 0 Å². The van der Waals surface area contributed by atoms with Gasteiger partial charge in [0.05, 0.1) is 48.0 Å². The number of aromatic nitrogens is 5. The van der Waals surface area contributed by atoms with Gasteiger partial charge in [0.15, 0.2) is 0 Å². The van der Waals surface area contributed by atoms with Crippen LogP contribution in [0.3, 0.4) is 0 Å². The van der Waals surface area contributed by atoms with Crippen LogP contribution in [0.4, 0.5) is 0 Å². The van der Waals surface area contributed by atoms with E-state index in [0.717, 1.165) is 23.1 Å². The Labute approximate surface area is 144 Å². The van der Waals surface area contributed by atoms with Crippen molar-refractivity contribution >= 4 is 16.9 Å². The van der Waals surface area contributed by atoms with Crippen molar-refractivity contribution in [1.82, 2.24) is 29.4 Å². The average Bonchev–Trinajstić information content (AvgIpc) is 3.27. The molecule has 2 atom stereocenters. The van der Waals surface area contributed by atoms with Crippen molar-refractivity contribution in [1.29, 1.82) is 0 Å². The Balaban J connectivity index is 1.38. The largest absolute Gasteiger partial charge is 0.368 e. The summed E-state index contributed by atoms with van der Waals surface area (Å²) in [5, 5.41) is 8.15. The van der Waals surface area contributed by atoms with E-state index in [-0.39, 0.29) is 18.1 Å². The number of imidazole rings is 1. The highest BCUT2D eigenvalue weighted by Crippen LogP contribution is 2.31. The maximum Gasteiger partial charge on any atom is 0.254 e.